The molecule has 1 aromatic carbocycles. The average Bonchev–Trinajstić information content (AvgIpc) is 2.65. The molecule has 28 heavy (non-hydrogen) atoms. The lowest BCUT2D eigenvalue weighted by atomic mass is 9.96. The van der Waals surface area contributed by atoms with Crippen molar-refractivity contribution in [2.75, 3.05) is 7.11 Å². The Morgan fingerprint density at radius 1 is 1.32 bits per heavy atom. The molecule has 0 aliphatic rings. The Balaban J connectivity index is 3.01. The van der Waals surface area contributed by atoms with Gasteiger partial charge < -0.3 is 13.9 Å². The standard InChI is InChI=1S/C23H26O5/c1-8-11-15-12-18(24)27-22-19(15)17(28-23(5,6)10-3)13-16(26-7)20(22)21(25)14(4)9-2/h3,9,12-13H,8,11H2,1-2,4-7H3/b14-9+. The predicted molar refractivity (Wildman–Crippen MR) is 110 cm³/mol. The summed E-state index contributed by atoms with van der Waals surface area (Å²) in [5.74, 6) is 2.99. The van der Waals surface area contributed by atoms with Gasteiger partial charge in [-0.05, 0) is 45.3 Å². The fourth-order valence-electron chi connectivity index (χ4n) is 2.92. The quantitative estimate of drug-likeness (QED) is 0.301. The Morgan fingerprint density at radius 3 is 2.54 bits per heavy atom. The van der Waals surface area contributed by atoms with Crippen molar-refractivity contribution in [2.45, 2.75) is 53.1 Å². The molecule has 5 heteroatoms. The number of allylic oxidation sites excluding steroid dienone is 2. The number of ketones is 1. The zero-order valence-corrected chi connectivity index (χ0v) is 17.3. The fourth-order valence-corrected chi connectivity index (χ4v) is 2.92. The molecule has 0 fully saturated rings. The maximum Gasteiger partial charge on any atom is 0.336 e. The molecule has 0 aliphatic carbocycles. The summed E-state index contributed by atoms with van der Waals surface area (Å²) >= 11 is 0. The number of Topliss-reactive ketones (excluding diaryl/α,β-unsaturated/α-hetero) is 1. The van der Waals surface area contributed by atoms with Crippen LogP contribution in [0.2, 0.25) is 0 Å². The lowest BCUT2D eigenvalue weighted by Crippen LogP contribution is -2.26. The van der Waals surface area contributed by atoms with E-state index in [1.165, 1.54) is 13.2 Å². The number of ether oxygens (including phenoxy) is 2. The van der Waals surface area contributed by atoms with Crippen LogP contribution in [-0.4, -0.2) is 18.5 Å². The van der Waals surface area contributed by atoms with Crippen molar-refractivity contribution in [3.8, 4) is 23.8 Å². The molecule has 0 aliphatic heterocycles. The molecule has 0 amide bonds. The first-order chi connectivity index (χ1) is 13.2. The molecule has 0 radical (unpaired) electrons. The van der Waals surface area contributed by atoms with E-state index >= 15 is 0 Å². The number of fused-ring (bicyclic) bond motifs is 1. The van der Waals surface area contributed by atoms with Gasteiger partial charge in [0.1, 0.15) is 17.1 Å². The number of aryl methyl sites for hydroxylation is 1. The zero-order valence-electron chi connectivity index (χ0n) is 17.3. The van der Waals surface area contributed by atoms with Crippen LogP contribution in [0, 0.1) is 12.3 Å². The molecule has 148 valence electrons. The molecule has 5 nitrogen and oxygen atoms in total. The molecule has 1 aromatic heterocycles. The highest BCUT2D eigenvalue weighted by molar-refractivity contribution is 6.17. The van der Waals surface area contributed by atoms with Crippen LogP contribution in [0.5, 0.6) is 11.5 Å². The van der Waals surface area contributed by atoms with Crippen LogP contribution in [0.25, 0.3) is 11.0 Å². The first-order valence-electron chi connectivity index (χ1n) is 9.21. The summed E-state index contributed by atoms with van der Waals surface area (Å²) in [5, 5.41) is 0.567. The third-order valence-electron chi connectivity index (χ3n) is 4.50. The molecule has 2 aromatic rings. The largest absolute Gasteiger partial charge is 0.496 e. The predicted octanol–water partition coefficient (Wildman–Crippen LogP) is 4.69. The second-order valence-corrected chi connectivity index (χ2v) is 7.05. The topological polar surface area (TPSA) is 65.7 Å². The Bertz CT molecular complexity index is 1030. The molecule has 1 heterocycles. The van der Waals surface area contributed by atoms with E-state index in [0.717, 1.165) is 12.0 Å². The highest BCUT2D eigenvalue weighted by Gasteiger charge is 2.27. The van der Waals surface area contributed by atoms with Gasteiger partial charge in [-0.25, -0.2) is 4.79 Å². The van der Waals surface area contributed by atoms with Gasteiger partial charge in [-0.2, -0.15) is 0 Å². The molecular weight excluding hydrogens is 356 g/mol. The number of carbonyl (C=O) groups is 1. The molecule has 0 spiro atoms. The van der Waals surface area contributed by atoms with Crippen LogP contribution in [0.4, 0.5) is 0 Å². The summed E-state index contributed by atoms with van der Waals surface area (Å²) in [6, 6.07) is 3.07. The number of benzene rings is 1. The zero-order chi connectivity index (χ0) is 21.1. The fraction of sp³-hybridized carbons (Fsp3) is 0.391. The summed E-state index contributed by atoms with van der Waals surface area (Å²) in [6.45, 7) is 8.99. The molecule has 0 atom stereocenters. The highest BCUT2D eigenvalue weighted by atomic mass is 16.5. The summed E-state index contributed by atoms with van der Waals surface area (Å²) in [6.07, 6.45) is 8.71. The van der Waals surface area contributed by atoms with Crippen molar-refractivity contribution in [2.24, 2.45) is 0 Å². The molecular formula is C23H26O5. The summed E-state index contributed by atoms with van der Waals surface area (Å²) in [5.41, 5.74) is 0.187. The van der Waals surface area contributed by atoms with Gasteiger partial charge in [0, 0.05) is 12.1 Å². The first-order valence-corrected chi connectivity index (χ1v) is 9.21. The minimum Gasteiger partial charge on any atom is -0.496 e. The highest BCUT2D eigenvalue weighted by Crippen LogP contribution is 2.40. The molecule has 0 N–H and O–H groups in total. The van der Waals surface area contributed by atoms with E-state index in [1.54, 1.807) is 39.8 Å². The number of rotatable bonds is 7. The second kappa shape index (κ2) is 8.35. The Kier molecular flexibility index (Phi) is 6.35. The van der Waals surface area contributed by atoms with Crippen molar-refractivity contribution >= 4 is 16.8 Å². The normalized spacial score (nSPS) is 12.0. The van der Waals surface area contributed by atoms with E-state index in [9.17, 15) is 9.59 Å². The van der Waals surface area contributed by atoms with Gasteiger partial charge in [-0.15, -0.1) is 6.42 Å². The number of terminal acetylenes is 1. The van der Waals surface area contributed by atoms with Gasteiger partial charge in [0.05, 0.1) is 12.5 Å². The number of hydrogen-bond donors (Lipinski definition) is 0. The maximum atomic E-state index is 13.0. The lowest BCUT2D eigenvalue weighted by Gasteiger charge is -2.23. The smallest absolute Gasteiger partial charge is 0.336 e. The van der Waals surface area contributed by atoms with Crippen LogP contribution in [0.3, 0.4) is 0 Å². The van der Waals surface area contributed by atoms with E-state index in [2.05, 4.69) is 5.92 Å². The van der Waals surface area contributed by atoms with Crippen molar-refractivity contribution in [3.05, 3.63) is 45.3 Å². The van der Waals surface area contributed by atoms with Crippen LogP contribution in [-0.2, 0) is 6.42 Å². The van der Waals surface area contributed by atoms with Gasteiger partial charge in [0.25, 0.3) is 0 Å². The Labute approximate surface area is 165 Å². The van der Waals surface area contributed by atoms with Crippen LogP contribution in [0.15, 0.2) is 33.0 Å². The van der Waals surface area contributed by atoms with Crippen LogP contribution >= 0.6 is 0 Å². The third kappa shape index (κ3) is 4.12. The Hall–Kier alpha value is -3.00. The summed E-state index contributed by atoms with van der Waals surface area (Å²) < 4.78 is 17.0. The first kappa shape index (κ1) is 21.3. The van der Waals surface area contributed by atoms with Gasteiger partial charge in [-0.1, -0.05) is 25.3 Å². The van der Waals surface area contributed by atoms with E-state index < -0.39 is 11.2 Å². The van der Waals surface area contributed by atoms with Crippen molar-refractivity contribution in [1.82, 2.24) is 0 Å². The monoisotopic (exact) mass is 382 g/mol. The average molecular weight is 382 g/mol. The maximum absolute atomic E-state index is 13.0. The number of hydrogen-bond acceptors (Lipinski definition) is 5. The van der Waals surface area contributed by atoms with Crippen LogP contribution < -0.4 is 15.1 Å². The molecule has 2 rings (SSSR count). The van der Waals surface area contributed by atoms with E-state index in [1.807, 2.05) is 6.92 Å². The van der Waals surface area contributed by atoms with Gasteiger partial charge in [0.15, 0.2) is 17.0 Å². The van der Waals surface area contributed by atoms with Gasteiger partial charge in [-0.3, -0.25) is 4.79 Å². The van der Waals surface area contributed by atoms with Gasteiger partial charge in [0.2, 0.25) is 0 Å². The van der Waals surface area contributed by atoms with E-state index in [-0.39, 0.29) is 22.7 Å². The number of methoxy groups -OCH3 is 1. The van der Waals surface area contributed by atoms with E-state index in [4.69, 9.17) is 20.3 Å². The lowest BCUT2D eigenvalue weighted by molar-refractivity contribution is 0.103. The van der Waals surface area contributed by atoms with Crippen molar-refractivity contribution < 1.29 is 18.7 Å². The summed E-state index contributed by atoms with van der Waals surface area (Å²) in [7, 11) is 1.45. The molecule has 0 saturated carbocycles. The molecule has 0 saturated heterocycles. The molecule has 0 unspecified atom stereocenters. The van der Waals surface area contributed by atoms with Crippen molar-refractivity contribution in [1.29, 1.82) is 0 Å². The number of carbonyl (C=O) groups excluding carboxylic acids is 1. The van der Waals surface area contributed by atoms with Crippen LogP contribution in [0.1, 0.15) is 57.0 Å². The third-order valence-corrected chi connectivity index (χ3v) is 4.50. The van der Waals surface area contributed by atoms with E-state index in [0.29, 0.717) is 23.1 Å². The minimum atomic E-state index is -0.900. The summed E-state index contributed by atoms with van der Waals surface area (Å²) in [4.78, 5) is 25.3. The minimum absolute atomic E-state index is 0.157. The van der Waals surface area contributed by atoms with Gasteiger partial charge >= 0.3 is 5.63 Å². The second-order valence-electron chi connectivity index (χ2n) is 7.05. The molecule has 0 bridgehead atoms. The van der Waals surface area contributed by atoms with Crippen molar-refractivity contribution in [3.63, 3.8) is 0 Å². The SMILES string of the molecule is C#CC(C)(C)Oc1cc(OC)c(C(=O)/C(C)=C/C)c2oc(=O)cc(CCC)c12. The Morgan fingerprint density at radius 2 is 2.00 bits per heavy atom.